The first-order valence-corrected chi connectivity index (χ1v) is 7.23. The molecule has 2 atom stereocenters. The molecule has 0 aromatic carbocycles. The molecule has 0 aliphatic carbocycles. The largest absolute Gasteiger partial charge is 0.381 e. The Labute approximate surface area is 91.6 Å². The number of piperidine rings is 1. The second-order valence-corrected chi connectivity index (χ2v) is 6.61. The van der Waals surface area contributed by atoms with Gasteiger partial charge in [-0.3, -0.25) is 0 Å². The molecule has 2 heterocycles. The van der Waals surface area contributed by atoms with Gasteiger partial charge < -0.3 is 4.74 Å². The lowest BCUT2D eigenvalue weighted by Crippen LogP contribution is -2.48. The third-order valence-electron chi connectivity index (χ3n) is 3.64. The van der Waals surface area contributed by atoms with Crippen LogP contribution in [0, 0.1) is 0 Å². The summed E-state index contributed by atoms with van der Waals surface area (Å²) in [6.45, 7) is 1.72. The Morgan fingerprint density at radius 3 is 2.20 bits per heavy atom. The minimum absolute atomic E-state index is 0.193. The molecule has 0 spiro atoms. The predicted molar refractivity (Wildman–Crippen MR) is 58.1 cm³/mol. The molecule has 0 N–H and O–H groups in total. The van der Waals surface area contributed by atoms with Gasteiger partial charge in [-0.2, -0.15) is 4.31 Å². The van der Waals surface area contributed by atoms with Gasteiger partial charge in [0.2, 0.25) is 10.0 Å². The summed E-state index contributed by atoms with van der Waals surface area (Å²) in [5.74, 6) is 0.220. The Hall–Kier alpha value is -0.130. The van der Waals surface area contributed by atoms with Gasteiger partial charge in [-0.1, -0.05) is 0 Å². The van der Waals surface area contributed by atoms with Gasteiger partial charge in [-0.15, -0.1) is 0 Å². The van der Waals surface area contributed by atoms with Crippen molar-refractivity contribution in [2.45, 2.75) is 50.8 Å². The first-order valence-electron chi connectivity index (χ1n) is 5.62. The van der Waals surface area contributed by atoms with Crippen molar-refractivity contribution in [2.75, 3.05) is 12.9 Å². The van der Waals surface area contributed by atoms with Gasteiger partial charge in [0.25, 0.3) is 0 Å². The Balaban J connectivity index is 2.18. The number of hydrogen-bond acceptors (Lipinski definition) is 3. The molecule has 0 aromatic rings. The van der Waals surface area contributed by atoms with Crippen molar-refractivity contribution in [1.29, 1.82) is 0 Å². The summed E-state index contributed by atoms with van der Waals surface area (Å²) in [5.41, 5.74) is 0. The third-order valence-corrected chi connectivity index (χ3v) is 5.61. The van der Waals surface area contributed by atoms with E-state index in [4.69, 9.17) is 4.74 Å². The van der Waals surface area contributed by atoms with Crippen molar-refractivity contribution in [1.82, 2.24) is 4.31 Å². The highest BCUT2D eigenvalue weighted by molar-refractivity contribution is 7.89. The van der Waals surface area contributed by atoms with Gasteiger partial charge in [-0.25, -0.2) is 8.42 Å². The van der Waals surface area contributed by atoms with E-state index in [0.717, 1.165) is 25.7 Å². The highest BCUT2D eigenvalue weighted by atomic mass is 32.2. The van der Waals surface area contributed by atoms with Gasteiger partial charge in [0.15, 0.2) is 0 Å². The smallest absolute Gasteiger partial charge is 0.214 e. The average molecular weight is 233 g/mol. The molecule has 2 saturated heterocycles. The van der Waals surface area contributed by atoms with E-state index in [1.807, 2.05) is 0 Å². The molecule has 2 bridgehead atoms. The monoisotopic (exact) mass is 233 g/mol. The molecule has 4 nitrogen and oxygen atoms in total. The standard InChI is InChI=1S/C10H19NO3S/c1-3-15(12,13)11-8-4-5-9(11)7-10(6-8)14-2/h8-10H,3-7H2,1-2H3. The lowest BCUT2D eigenvalue weighted by Gasteiger charge is -2.37. The van der Waals surface area contributed by atoms with Crippen molar-refractivity contribution in [2.24, 2.45) is 0 Å². The molecular weight excluding hydrogens is 214 g/mol. The number of sulfonamides is 1. The minimum atomic E-state index is -3.01. The maximum Gasteiger partial charge on any atom is 0.214 e. The van der Waals surface area contributed by atoms with Crippen molar-refractivity contribution in [3.63, 3.8) is 0 Å². The first-order chi connectivity index (χ1) is 7.08. The van der Waals surface area contributed by atoms with Crippen LogP contribution in [0.1, 0.15) is 32.6 Å². The zero-order valence-corrected chi connectivity index (χ0v) is 10.2. The molecule has 2 fully saturated rings. The van der Waals surface area contributed by atoms with Crippen LogP contribution in [0.15, 0.2) is 0 Å². The van der Waals surface area contributed by atoms with Gasteiger partial charge in [-0.05, 0) is 32.6 Å². The second kappa shape index (κ2) is 4.03. The number of fused-ring (bicyclic) bond motifs is 2. The highest BCUT2D eigenvalue weighted by Crippen LogP contribution is 2.38. The summed E-state index contributed by atoms with van der Waals surface area (Å²) in [4.78, 5) is 0. The fourth-order valence-corrected chi connectivity index (χ4v) is 4.47. The molecule has 0 saturated carbocycles. The Morgan fingerprint density at radius 1 is 1.27 bits per heavy atom. The van der Waals surface area contributed by atoms with Crippen LogP contribution in [0.4, 0.5) is 0 Å². The van der Waals surface area contributed by atoms with Crippen LogP contribution >= 0.6 is 0 Å². The Bertz CT molecular complexity index is 314. The van der Waals surface area contributed by atoms with E-state index < -0.39 is 10.0 Å². The van der Waals surface area contributed by atoms with Gasteiger partial charge >= 0.3 is 0 Å². The molecule has 88 valence electrons. The van der Waals surface area contributed by atoms with Crippen molar-refractivity contribution in [3.05, 3.63) is 0 Å². The van der Waals surface area contributed by atoms with E-state index in [2.05, 4.69) is 0 Å². The van der Waals surface area contributed by atoms with Crippen molar-refractivity contribution >= 4 is 10.0 Å². The molecule has 0 amide bonds. The minimum Gasteiger partial charge on any atom is -0.381 e. The maximum absolute atomic E-state index is 11.9. The Kier molecular flexibility index (Phi) is 3.05. The SMILES string of the molecule is CCS(=O)(=O)N1C2CCC1CC(OC)C2. The zero-order valence-electron chi connectivity index (χ0n) is 9.35. The second-order valence-electron chi connectivity index (χ2n) is 4.44. The lowest BCUT2D eigenvalue weighted by molar-refractivity contribution is 0.0350. The number of ether oxygens (including phenoxy) is 1. The third kappa shape index (κ3) is 1.92. The van der Waals surface area contributed by atoms with E-state index in [0.29, 0.717) is 0 Å². The summed E-state index contributed by atoms with van der Waals surface area (Å²) in [5, 5.41) is 0. The van der Waals surface area contributed by atoms with E-state index in [1.54, 1.807) is 18.3 Å². The molecule has 2 aliphatic heterocycles. The fraction of sp³-hybridized carbons (Fsp3) is 1.00. The van der Waals surface area contributed by atoms with Crippen LogP contribution < -0.4 is 0 Å². The zero-order chi connectivity index (χ0) is 11.1. The normalized spacial score (nSPS) is 37.1. The molecular formula is C10H19NO3S. The van der Waals surface area contributed by atoms with E-state index in [-0.39, 0.29) is 23.9 Å². The number of hydrogen-bond donors (Lipinski definition) is 0. The van der Waals surface area contributed by atoms with Crippen molar-refractivity contribution in [3.8, 4) is 0 Å². The van der Waals surface area contributed by atoms with Crippen LogP contribution in [0.5, 0.6) is 0 Å². The topological polar surface area (TPSA) is 46.6 Å². The maximum atomic E-state index is 11.9. The summed E-state index contributed by atoms with van der Waals surface area (Å²) in [7, 11) is -1.29. The fourth-order valence-electron chi connectivity index (χ4n) is 2.88. The van der Waals surface area contributed by atoms with E-state index >= 15 is 0 Å². The molecule has 0 radical (unpaired) electrons. The summed E-state index contributed by atoms with van der Waals surface area (Å²) in [6.07, 6.45) is 4.00. The molecule has 2 aliphatic rings. The predicted octanol–water partition coefficient (Wildman–Crippen LogP) is 0.978. The number of nitrogens with zero attached hydrogens (tertiary/aromatic N) is 1. The van der Waals surface area contributed by atoms with Gasteiger partial charge in [0, 0.05) is 19.2 Å². The summed E-state index contributed by atoms with van der Waals surface area (Å²) >= 11 is 0. The van der Waals surface area contributed by atoms with Crippen LogP contribution in [0.3, 0.4) is 0 Å². The van der Waals surface area contributed by atoms with Crippen LogP contribution in [0.25, 0.3) is 0 Å². The van der Waals surface area contributed by atoms with Crippen LogP contribution in [-0.2, 0) is 14.8 Å². The van der Waals surface area contributed by atoms with Gasteiger partial charge in [0.1, 0.15) is 0 Å². The molecule has 2 rings (SSSR count). The van der Waals surface area contributed by atoms with E-state index in [1.165, 1.54) is 0 Å². The quantitative estimate of drug-likeness (QED) is 0.730. The molecule has 0 aromatic heterocycles. The Morgan fingerprint density at radius 2 is 1.80 bits per heavy atom. The van der Waals surface area contributed by atoms with Crippen LogP contribution in [-0.4, -0.2) is 43.8 Å². The van der Waals surface area contributed by atoms with Crippen LogP contribution in [0.2, 0.25) is 0 Å². The number of methoxy groups -OCH3 is 1. The van der Waals surface area contributed by atoms with E-state index in [9.17, 15) is 8.42 Å². The molecule has 5 heteroatoms. The lowest BCUT2D eigenvalue weighted by atomic mass is 10.0. The molecule has 15 heavy (non-hydrogen) atoms. The highest BCUT2D eigenvalue weighted by Gasteiger charge is 2.45. The average Bonchev–Trinajstić information content (AvgIpc) is 2.51. The van der Waals surface area contributed by atoms with Gasteiger partial charge in [0.05, 0.1) is 11.9 Å². The number of rotatable bonds is 3. The first kappa shape index (κ1) is 11.4. The molecule has 2 unspecified atom stereocenters. The summed E-state index contributed by atoms with van der Waals surface area (Å²) < 4.78 is 30.9. The van der Waals surface area contributed by atoms with Crippen molar-refractivity contribution < 1.29 is 13.2 Å². The summed E-state index contributed by atoms with van der Waals surface area (Å²) in [6, 6.07) is 0.386.